The lowest BCUT2D eigenvalue weighted by Gasteiger charge is -2.43. The molecule has 7 amide bonds. The standard InChI is InChI=1S/C71H135BN8O14Si6/c1-45-42-80-58(59(45)94-100(32,33)71(19,20)21)63(85)73-41-54(81)75-51(40-74-72-44-88-72)60(82)76-55(46(2)89-95(22,23)66(4,5)6)64(86)79-43-50(92-98(28,29)69(13,14)15)39-52(79)61(83)78-57(62(84)77-56(65(80)87)47(3)90-96(24,25)67(7,8)9)53(93-99(30,31)70(16,17)18)38-48-34-36-49(37-35-48)91-97(26,27)68(10,11)12/h34-37,45-47,50-53,55-59,74H,38-44H2,1-33H3,(H,73,85)(H,75,81)(H,76,82)(H,77,84)(H,78,83)/t45-,46?,47?,50+,51+,52+,53+,55+,56+,57+,58+,59-/m1/s1. The van der Waals surface area contributed by atoms with Crippen LogP contribution in [0.5, 0.6) is 5.75 Å². The molecule has 4 fully saturated rings. The van der Waals surface area contributed by atoms with E-state index >= 15 is 28.8 Å². The van der Waals surface area contributed by atoms with Gasteiger partial charge in [-0.2, -0.15) is 0 Å². The van der Waals surface area contributed by atoms with Crippen LogP contribution in [0.2, 0.25) is 109 Å². The summed E-state index contributed by atoms with van der Waals surface area (Å²) >= 11 is 0. The van der Waals surface area contributed by atoms with E-state index in [4.69, 9.17) is 31.2 Å². The second kappa shape index (κ2) is 31.5. The number of nitrogens with zero attached hydrogens (tertiary/aromatic N) is 2. The molecular weight excluding hydrogens is 1370 g/mol. The second-order valence-corrected chi connectivity index (χ2v) is 66.8. The van der Waals surface area contributed by atoms with Crippen LogP contribution >= 0.6 is 0 Å². The number of hydrogen-bond acceptors (Lipinski definition) is 15. The number of rotatable bonds is 20. The number of carbonyl (C=O) groups is 7. The van der Waals surface area contributed by atoms with E-state index < -0.39 is 183 Å². The minimum Gasteiger partial charge on any atom is -0.544 e. The third-order valence-electron chi connectivity index (χ3n) is 23.9. The van der Waals surface area contributed by atoms with Crippen molar-refractivity contribution in [3.8, 4) is 5.75 Å². The summed E-state index contributed by atoms with van der Waals surface area (Å²) in [6.45, 7) is 68.0. The molecule has 100 heavy (non-hydrogen) atoms. The fraction of sp³-hybridized carbons (Fsp3) is 0.817. The van der Waals surface area contributed by atoms with Crippen molar-refractivity contribution >= 4 is 98.3 Å². The van der Waals surface area contributed by atoms with Crippen LogP contribution in [0.1, 0.15) is 157 Å². The Morgan fingerprint density at radius 1 is 0.530 bits per heavy atom. The third kappa shape index (κ3) is 21.6. The molecule has 1 aromatic rings. The average Bonchev–Trinajstić information content (AvgIpc) is 1.57. The zero-order valence-electron chi connectivity index (χ0n) is 67.9. The lowest BCUT2D eigenvalue weighted by atomic mass is 9.96. The third-order valence-corrected chi connectivity index (χ3v) is 51.0. The molecule has 0 aliphatic carbocycles. The topological polar surface area (TPSA) is 266 Å². The maximum Gasteiger partial charge on any atom is 0.404 e. The Bertz CT molecular complexity index is 3060. The minimum absolute atomic E-state index is 0.0101. The van der Waals surface area contributed by atoms with Crippen molar-refractivity contribution in [3.05, 3.63) is 29.8 Å². The lowest BCUT2D eigenvalue weighted by molar-refractivity contribution is -0.146. The molecule has 0 bridgehead atoms. The molecule has 0 radical (unpaired) electrons. The van der Waals surface area contributed by atoms with E-state index in [1.165, 1.54) is 9.80 Å². The van der Waals surface area contributed by atoms with Gasteiger partial charge in [0.05, 0.1) is 43.6 Å². The zero-order valence-corrected chi connectivity index (χ0v) is 73.9. The fourth-order valence-electron chi connectivity index (χ4n) is 11.1. The van der Waals surface area contributed by atoms with E-state index in [2.05, 4.69) is 222 Å². The van der Waals surface area contributed by atoms with Gasteiger partial charge in [0.1, 0.15) is 42.0 Å². The summed E-state index contributed by atoms with van der Waals surface area (Å²) in [4.78, 5) is 114. The zero-order chi connectivity index (χ0) is 76.8. The van der Waals surface area contributed by atoms with Crippen LogP contribution in [0.25, 0.3) is 0 Å². The van der Waals surface area contributed by atoms with Crippen molar-refractivity contribution in [2.24, 2.45) is 5.92 Å². The van der Waals surface area contributed by atoms with Crippen LogP contribution in [0.4, 0.5) is 0 Å². The molecule has 0 spiro atoms. The van der Waals surface area contributed by atoms with Crippen LogP contribution in [0.15, 0.2) is 24.3 Å². The molecule has 2 unspecified atom stereocenters. The van der Waals surface area contributed by atoms with Gasteiger partial charge in [0.15, 0.2) is 41.6 Å². The highest BCUT2D eigenvalue weighted by Crippen LogP contribution is 2.45. The molecule has 0 saturated carbocycles. The highest BCUT2D eigenvalue weighted by molar-refractivity contribution is 6.76. The predicted molar refractivity (Wildman–Crippen MR) is 415 cm³/mol. The quantitative estimate of drug-likeness (QED) is 0.0524. The average molecular weight is 1500 g/mol. The summed E-state index contributed by atoms with van der Waals surface area (Å²) in [6, 6.07) is -0.748. The highest BCUT2D eigenvalue weighted by Gasteiger charge is 2.56. The van der Waals surface area contributed by atoms with Crippen molar-refractivity contribution in [2.45, 2.75) is 334 Å². The van der Waals surface area contributed by atoms with Gasteiger partial charge in [0.25, 0.3) is 0 Å². The van der Waals surface area contributed by atoms with Crippen molar-refractivity contribution in [2.75, 3.05) is 32.7 Å². The van der Waals surface area contributed by atoms with E-state index in [0.717, 1.165) is 5.56 Å². The first-order valence-corrected chi connectivity index (χ1v) is 54.0. The minimum atomic E-state index is -2.97. The van der Waals surface area contributed by atoms with Gasteiger partial charge in [-0.3, -0.25) is 33.6 Å². The fourth-order valence-corrected chi connectivity index (χ4v) is 19.1. The van der Waals surface area contributed by atoms with Crippen LogP contribution < -0.4 is 36.2 Å². The number of hydrogen-bond donors (Lipinski definition) is 6. The largest absolute Gasteiger partial charge is 0.544 e. The van der Waals surface area contributed by atoms with Gasteiger partial charge in [-0.15, -0.1) is 0 Å². The monoisotopic (exact) mass is 1500 g/mol. The Morgan fingerprint density at radius 3 is 1.42 bits per heavy atom. The normalized spacial score (nSPS) is 25.8. The van der Waals surface area contributed by atoms with E-state index in [9.17, 15) is 4.79 Å². The van der Waals surface area contributed by atoms with Gasteiger partial charge < -0.3 is 72.8 Å². The molecule has 1 aromatic carbocycles. The van der Waals surface area contributed by atoms with E-state index in [-0.39, 0.29) is 57.7 Å². The first kappa shape index (κ1) is 87.0. The predicted octanol–water partition coefficient (Wildman–Crippen LogP) is 10.8. The van der Waals surface area contributed by atoms with Crippen molar-refractivity contribution in [3.63, 3.8) is 0 Å². The SMILES string of the molecule is CC(O[Si](C)(C)C(C)(C)C)[C@@H]1NC(=O)[C@H]([C@H](Cc2ccc(O[Si](C)(C)C(C)(C)C)cc2)O[Si](C)(C)C(C)(C)C)NC(=O)[C@@H]2C[C@H](O[Si](C)(C)C(C)(C)C)CN2C(=O)[C@H](C(C)O[Si](C)(C)C(C)(C)C)NC(=O)[C@H](CNB2CO2)NC(=O)CNC(=O)[C@@H]2[C@H](O[Si](C)(C)C(C)(C)C)[C@H](C)CN2C1=O. The summed E-state index contributed by atoms with van der Waals surface area (Å²) in [5.74, 6) is -4.68. The molecule has 12 atom stereocenters. The molecule has 5 rings (SSSR count). The van der Waals surface area contributed by atoms with Gasteiger partial charge in [-0.05, 0) is 147 Å². The number of nitrogens with one attached hydrogen (secondary N) is 6. The molecular formula is C71H135BN8O14Si6. The van der Waals surface area contributed by atoms with Gasteiger partial charge in [-0.1, -0.05) is 144 Å². The summed E-state index contributed by atoms with van der Waals surface area (Å²) in [5.41, 5.74) is 0.770. The molecule has 4 aliphatic rings. The van der Waals surface area contributed by atoms with Gasteiger partial charge >= 0.3 is 7.05 Å². The van der Waals surface area contributed by atoms with Crippen LogP contribution in [-0.4, -0.2) is 208 Å². The van der Waals surface area contributed by atoms with Crippen molar-refractivity contribution in [1.29, 1.82) is 0 Å². The van der Waals surface area contributed by atoms with Crippen LogP contribution in [0.3, 0.4) is 0 Å². The number of amides is 7. The van der Waals surface area contributed by atoms with E-state index in [1.54, 1.807) is 13.8 Å². The molecule has 570 valence electrons. The molecule has 22 nitrogen and oxygen atoms in total. The van der Waals surface area contributed by atoms with E-state index in [0.29, 0.717) is 12.3 Å². The number of fused-ring (bicyclic) bond motifs is 2. The lowest BCUT2D eigenvalue weighted by Crippen LogP contribution is -2.66. The van der Waals surface area contributed by atoms with Crippen molar-refractivity contribution in [1.82, 2.24) is 41.6 Å². The Labute approximate surface area is 609 Å². The Morgan fingerprint density at radius 2 is 0.960 bits per heavy atom. The first-order chi connectivity index (χ1) is 45.0. The Balaban J connectivity index is 1.90. The smallest absolute Gasteiger partial charge is 0.404 e. The van der Waals surface area contributed by atoms with Crippen molar-refractivity contribution < 1.29 is 64.8 Å². The highest BCUT2D eigenvalue weighted by atomic mass is 28.4. The summed E-state index contributed by atoms with van der Waals surface area (Å²) in [5, 5.41) is 16.4. The maximum absolute atomic E-state index is 16.7. The Kier molecular flexibility index (Phi) is 27.4. The summed E-state index contributed by atoms with van der Waals surface area (Å²) in [6.07, 6.45) is -4.61. The molecule has 6 N–H and O–H groups in total. The molecule has 0 aromatic heterocycles. The van der Waals surface area contributed by atoms with E-state index in [1.807, 2.05) is 44.3 Å². The molecule has 4 saturated heterocycles. The molecule has 4 heterocycles. The number of carbonyl (C=O) groups excluding carboxylic acids is 7. The summed E-state index contributed by atoms with van der Waals surface area (Å²) in [7, 11) is -16.6. The van der Waals surface area contributed by atoms with Gasteiger partial charge in [0.2, 0.25) is 49.7 Å². The maximum atomic E-state index is 16.7. The molecule has 4 aliphatic heterocycles. The van der Waals surface area contributed by atoms with Gasteiger partial charge in [-0.25, -0.2) is 0 Å². The second-order valence-electron chi connectivity index (χ2n) is 38.3. The number of benzene rings is 1. The summed E-state index contributed by atoms with van der Waals surface area (Å²) < 4.78 is 48.3. The van der Waals surface area contributed by atoms with Crippen LogP contribution in [0, 0.1) is 5.92 Å². The Hall–Kier alpha value is -3.60. The van der Waals surface area contributed by atoms with Crippen LogP contribution in [-0.2, 0) is 66.8 Å². The van der Waals surface area contributed by atoms with Gasteiger partial charge in [0, 0.05) is 32.0 Å². The molecule has 29 heteroatoms. The first-order valence-electron chi connectivity index (χ1n) is 36.6.